The summed E-state index contributed by atoms with van der Waals surface area (Å²) in [5, 5.41) is 0. The molecular weight excluding hydrogens is 360 g/mol. The first-order valence-corrected chi connectivity index (χ1v) is 12.6. The zero-order chi connectivity index (χ0) is 20.8. The number of allylic oxidation sites excluding steroid dienone is 2. The molecule has 2 aliphatic carbocycles. The van der Waals surface area contributed by atoms with E-state index in [0.717, 1.165) is 17.8 Å². The van der Waals surface area contributed by atoms with E-state index in [2.05, 4.69) is 68.5 Å². The second-order valence-electron chi connectivity index (χ2n) is 10.0. The van der Waals surface area contributed by atoms with Gasteiger partial charge in [-0.2, -0.15) is 0 Å². The minimum Gasteiger partial charge on any atom is -0.0804 e. The Kier molecular flexibility index (Phi) is 7.47. The van der Waals surface area contributed by atoms with Crippen LogP contribution in [0.1, 0.15) is 102 Å². The summed E-state index contributed by atoms with van der Waals surface area (Å²) < 4.78 is 0. The summed E-state index contributed by atoms with van der Waals surface area (Å²) in [6, 6.07) is 18.8. The Morgan fingerprint density at radius 1 is 0.733 bits per heavy atom. The van der Waals surface area contributed by atoms with E-state index in [1.54, 1.807) is 11.1 Å². The van der Waals surface area contributed by atoms with Crippen molar-refractivity contribution in [3.05, 3.63) is 65.7 Å². The van der Waals surface area contributed by atoms with Crippen molar-refractivity contribution in [2.24, 2.45) is 11.8 Å². The molecule has 2 aliphatic rings. The van der Waals surface area contributed by atoms with E-state index in [1.807, 2.05) is 0 Å². The predicted octanol–water partition coefficient (Wildman–Crippen LogP) is 9.41. The largest absolute Gasteiger partial charge is 0.0804 e. The maximum absolute atomic E-state index is 2.52. The third-order valence-corrected chi connectivity index (χ3v) is 7.72. The number of hydrogen-bond donors (Lipinski definition) is 0. The van der Waals surface area contributed by atoms with Gasteiger partial charge in [0, 0.05) is 0 Å². The Morgan fingerprint density at radius 3 is 1.97 bits per heavy atom. The normalized spacial score (nSPS) is 24.5. The molecule has 0 nitrogen and oxygen atoms in total. The van der Waals surface area contributed by atoms with Crippen LogP contribution < -0.4 is 0 Å². The van der Waals surface area contributed by atoms with Gasteiger partial charge in [0.05, 0.1) is 0 Å². The zero-order valence-corrected chi connectivity index (χ0v) is 19.2. The van der Waals surface area contributed by atoms with Gasteiger partial charge >= 0.3 is 0 Å². The van der Waals surface area contributed by atoms with E-state index in [0.29, 0.717) is 0 Å². The quantitative estimate of drug-likeness (QED) is 0.406. The van der Waals surface area contributed by atoms with Crippen molar-refractivity contribution in [2.45, 2.75) is 90.4 Å². The molecule has 0 amide bonds. The summed E-state index contributed by atoms with van der Waals surface area (Å²) in [7, 11) is 0. The Labute approximate surface area is 184 Å². The molecule has 160 valence electrons. The summed E-state index contributed by atoms with van der Waals surface area (Å²) in [6.07, 6.45) is 17.5. The van der Waals surface area contributed by atoms with E-state index < -0.39 is 0 Å². The summed E-state index contributed by atoms with van der Waals surface area (Å²) in [4.78, 5) is 0. The summed E-state index contributed by atoms with van der Waals surface area (Å²) in [6.45, 7) is 4.70. The standard InChI is InChI=1S/C30H40/c1-3-4-5-6-24-9-13-26(14-10-24)28-17-21-30(22-18-28)29-19-15-27(16-20-29)25-11-7-23(2)8-12-25/h13,15-25H,3-12,14H2,1-2H3. The highest BCUT2D eigenvalue weighted by Crippen LogP contribution is 2.37. The highest BCUT2D eigenvalue weighted by molar-refractivity contribution is 5.71. The lowest BCUT2D eigenvalue weighted by Crippen LogP contribution is -2.10. The Bertz CT molecular complexity index is 800. The second-order valence-corrected chi connectivity index (χ2v) is 10.0. The Hall–Kier alpha value is -1.82. The second kappa shape index (κ2) is 10.5. The molecule has 0 bridgehead atoms. The van der Waals surface area contributed by atoms with Gasteiger partial charge in [-0.25, -0.2) is 0 Å². The molecule has 0 aliphatic heterocycles. The topological polar surface area (TPSA) is 0 Å². The highest BCUT2D eigenvalue weighted by Gasteiger charge is 2.19. The molecule has 0 heterocycles. The van der Waals surface area contributed by atoms with Crippen LogP contribution in [-0.4, -0.2) is 0 Å². The van der Waals surface area contributed by atoms with E-state index in [-0.39, 0.29) is 0 Å². The molecule has 2 aromatic carbocycles. The van der Waals surface area contributed by atoms with Gasteiger partial charge in [-0.15, -0.1) is 0 Å². The zero-order valence-electron chi connectivity index (χ0n) is 19.2. The van der Waals surface area contributed by atoms with Gasteiger partial charge in [-0.3, -0.25) is 0 Å². The third kappa shape index (κ3) is 5.45. The van der Waals surface area contributed by atoms with Crippen LogP contribution in [0.2, 0.25) is 0 Å². The van der Waals surface area contributed by atoms with Crippen molar-refractivity contribution in [3.8, 4) is 11.1 Å². The Balaban J connectivity index is 1.36. The molecule has 2 aromatic rings. The first-order valence-electron chi connectivity index (χ1n) is 12.6. The minimum atomic E-state index is 0.779. The third-order valence-electron chi connectivity index (χ3n) is 7.72. The number of benzene rings is 2. The maximum atomic E-state index is 2.52. The Morgan fingerprint density at radius 2 is 1.37 bits per heavy atom. The summed E-state index contributed by atoms with van der Waals surface area (Å²) >= 11 is 0. The smallest absolute Gasteiger partial charge is 0.0162 e. The van der Waals surface area contributed by atoms with Crippen LogP contribution in [-0.2, 0) is 0 Å². The van der Waals surface area contributed by atoms with Crippen molar-refractivity contribution >= 4 is 5.57 Å². The highest BCUT2D eigenvalue weighted by atomic mass is 14.2. The molecule has 0 radical (unpaired) electrons. The van der Waals surface area contributed by atoms with Crippen LogP contribution in [0.4, 0.5) is 0 Å². The van der Waals surface area contributed by atoms with Crippen molar-refractivity contribution in [2.75, 3.05) is 0 Å². The lowest BCUT2D eigenvalue weighted by atomic mass is 9.79. The molecule has 30 heavy (non-hydrogen) atoms. The lowest BCUT2D eigenvalue weighted by Gasteiger charge is -2.26. The van der Waals surface area contributed by atoms with Crippen molar-refractivity contribution in [1.82, 2.24) is 0 Å². The van der Waals surface area contributed by atoms with Crippen LogP contribution >= 0.6 is 0 Å². The maximum Gasteiger partial charge on any atom is -0.0162 e. The van der Waals surface area contributed by atoms with E-state index in [4.69, 9.17) is 0 Å². The first-order chi connectivity index (χ1) is 14.7. The predicted molar refractivity (Wildman–Crippen MR) is 132 cm³/mol. The average molecular weight is 401 g/mol. The molecule has 4 rings (SSSR count). The van der Waals surface area contributed by atoms with Gasteiger partial charge < -0.3 is 0 Å². The molecule has 0 saturated heterocycles. The van der Waals surface area contributed by atoms with Crippen LogP contribution in [0.25, 0.3) is 16.7 Å². The van der Waals surface area contributed by atoms with Crippen LogP contribution in [0.15, 0.2) is 54.6 Å². The molecule has 1 fully saturated rings. The minimum absolute atomic E-state index is 0.779. The van der Waals surface area contributed by atoms with Gasteiger partial charge in [-0.05, 0) is 77.7 Å². The molecule has 0 heteroatoms. The van der Waals surface area contributed by atoms with Gasteiger partial charge in [0.15, 0.2) is 0 Å². The summed E-state index contributed by atoms with van der Waals surface area (Å²) in [5.74, 6) is 2.62. The van der Waals surface area contributed by atoms with Gasteiger partial charge in [0.2, 0.25) is 0 Å². The number of unbranched alkanes of at least 4 members (excludes halogenated alkanes) is 2. The molecule has 1 unspecified atom stereocenters. The van der Waals surface area contributed by atoms with Gasteiger partial charge in [-0.1, -0.05) is 107 Å². The number of rotatable bonds is 7. The van der Waals surface area contributed by atoms with E-state index in [1.165, 1.54) is 87.3 Å². The van der Waals surface area contributed by atoms with Gasteiger partial charge in [0.25, 0.3) is 0 Å². The lowest BCUT2D eigenvalue weighted by molar-refractivity contribution is 0.348. The fraction of sp³-hybridized carbons (Fsp3) is 0.533. The molecule has 0 spiro atoms. The van der Waals surface area contributed by atoms with Crippen LogP contribution in [0.5, 0.6) is 0 Å². The molecule has 0 aromatic heterocycles. The SMILES string of the molecule is CCCCCC1CC=C(c2ccc(-c3ccc(C4CCC(C)CC4)cc3)cc2)CC1. The molecule has 1 atom stereocenters. The fourth-order valence-corrected chi connectivity index (χ4v) is 5.51. The number of hydrogen-bond acceptors (Lipinski definition) is 0. The van der Waals surface area contributed by atoms with Crippen molar-refractivity contribution in [3.63, 3.8) is 0 Å². The van der Waals surface area contributed by atoms with Crippen LogP contribution in [0, 0.1) is 11.8 Å². The van der Waals surface area contributed by atoms with Crippen molar-refractivity contribution < 1.29 is 0 Å². The van der Waals surface area contributed by atoms with Crippen LogP contribution in [0.3, 0.4) is 0 Å². The van der Waals surface area contributed by atoms with Gasteiger partial charge in [0.1, 0.15) is 0 Å². The monoisotopic (exact) mass is 400 g/mol. The molecular formula is C30H40. The van der Waals surface area contributed by atoms with Crippen molar-refractivity contribution in [1.29, 1.82) is 0 Å². The van der Waals surface area contributed by atoms with E-state index in [9.17, 15) is 0 Å². The molecule has 1 saturated carbocycles. The first kappa shape index (κ1) is 21.4. The van der Waals surface area contributed by atoms with E-state index >= 15 is 0 Å². The average Bonchev–Trinajstić information content (AvgIpc) is 2.81. The molecule has 0 N–H and O–H groups in total. The fourth-order valence-electron chi connectivity index (χ4n) is 5.51. The summed E-state index contributed by atoms with van der Waals surface area (Å²) in [5.41, 5.74) is 7.23.